The molecule has 1 N–H and O–H groups in total. The van der Waals surface area contributed by atoms with Crippen LogP contribution in [-0.2, 0) is 0 Å². The van der Waals surface area contributed by atoms with E-state index in [0.717, 1.165) is 10.9 Å². The van der Waals surface area contributed by atoms with Crippen LogP contribution in [0.2, 0.25) is 5.02 Å². The summed E-state index contributed by atoms with van der Waals surface area (Å²) >= 11 is 8.35. The van der Waals surface area contributed by atoms with E-state index in [0.29, 0.717) is 6.04 Å². The number of halogens is 2. The molecule has 0 amide bonds. The second-order valence-electron chi connectivity index (χ2n) is 4.99. The summed E-state index contributed by atoms with van der Waals surface area (Å²) in [7, 11) is 0. The Morgan fingerprint density at radius 1 is 1.11 bits per heavy atom. The first-order valence-electron chi connectivity index (χ1n) is 6.50. The van der Waals surface area contributed by atoms with Crippen molar-refractivity contribution < 1.29 is 0 Å². The highest BCUT2D eigenvalue weighted by Crippen LogP contribution is 2.43. The van der Waals surface area contributed by atoms with Crippen molar-refractivity contribution in [2.45, 2.75) is 18.9 Å². The third-order valence-electron chi connectivity index (χ3n) is 3.49. The molecule has 0 saturated heterocycles. The van der Waals surface area contributed by atoms with Gasteiger partial charge in [-0.25, -0.2) is 0 Å². The van der Waals surface area contributed by atoms with E-state index in [2.05, 4.69) is 64.3 Å². The van der Waals surface area contributed by atoms with Crippen molar-refractivity contribution in [2.24, 2.45) is 5.92 Å². The molecular weight excluding hydrogens is 369 g/mol. The van der Waals surface area contributed by atoms with Crippen LogP contribution in [0, 0.1) is 9.49 Å². The summed E-state index contributed by atoms with van der Waals surface area (Å²) in [5.74, 6) is 0.758. The predicted molar refractivity (Wildman–Crippen MR) is 89.7 cm³/mol. The molecule has 1 nitrogen and oxygen atoms in total. The van der Waals surface area contributed by atoms with E-state index >= 15 is 0 Å². The van der Waals surface area contributed by atoms with Crippen LogP contribution < -0.4 is 5.32 Å². The molecule has 0 aromatic heterocycles. The normalized spacial score (nSPS) is 16.1. The molecule has 1 saturated carbocycles. The fourth-order valence-corrected chi connectivity index (χ4v) is 3.36. The summed E-state index contributed by atoms with van der Waals surface area (Å²) < 4.78 is 1.17. The second kappa shape index (κ2) is 5.71. The molecule has 1 aliphatic rings. The van der Waals surface area contributed by atoms with Gasteiger partial charge in [0.2, 0.25) is 0 Å². The molecular formula is C16H15ClIN. The van der Waals surface area contributed by atoms with E-state index in [9.17, 15) is 0 Å². The molecule has 1 unspecified atom stereocenters. The Hall–Kier alpha value is -0.740. The number of rotatable bonds is 4. The van der Waals surface area contributed by atoms with Gasteiger partial charge in [0.25, 0.3) is 0 Å². The third kappa shape index (κ3) is 3.23. The number of nitrogens with one attached hydrogen (secondary N) is 1. The highest BCUT2D eigenvalue weighted by Gasteiger charge is 2.32. The van der Waals surface area contributed by atoms with Gasteiger partial charge in [-0.15, -0.1) is 0 Å². The van der Waals surface area contributed by atoms with Gasteiger partial charge in [-0.1, -0.05) is 41.9 Å². The molecule has 19 heavy (non-hydrogen) atoms. The molecule has 0 heterocycles. The van der Waals surface area contributed by atoms with Crippen molar-refractivity contribution in [1.29, 1.82) is 0 Å². The molecule has 98 valence electrons. The summed E-state index contributed by atoms with van der Waals surface area (Å²) in [6.07, 6.45) is 2.63. The van der Waals surface area contributed by atoms with Crippen molar-refractivity contribution in [3.05, 3.63) is 62.7 Å². The molecule has 2 aromatic carbocycles. The van der Waals surface area contributed by atoms with Gasteiger partial charge in [0.1, 0.15) is 0 Å². The fraction of sp³-hybridized carbons (Fsp3) is 0.250. The van der Waals surface area contributed by atoms with Crippen LogP contribution in [0.1, 0.15) is 24.4 Å². The summed E-state index contributed by atoms with van der Waals surface area (Å²) in [5.41, 5.74) is 2.54. The number of benzene rings is 2. The number of hydrogen-bond donors (Lipinski definition) is 1. The lowest BCUT2D eigenvalue weighted by Crippen LogP contribution is -2.13. The SMILES string of the molecule is Clc1ccc(NC(c2ccccc2)C2CC2)c(I)c1. The lowest BCUT2D eigenvalue weighted by molar-refractivity contribution is 0.678. The molecule has 1 aliphatic carbocycles. The van der Waals surface area contributed by atoms with Gasteiger partial charge in [0.05, 0.1) is 6.04 Å². The molecule has 1 fully saturated rings. The monoisotopic (exact) mass is 383 g/mol. The van der Waals surface area contributed by atoms with E-state index in [1.165, 1.54) is 27.7 Å². The van der Waals surface area contributed by atoms with Gasteiger partial charge in [0, 0.05) is 14.3 Å². The minimum atomic E-state index is 0.413. The van der Waals surface area contributed by atoms with E-state index in [4.69, 9.17) is 11.6 Å². The number of anilines is 1. The van der Waals surface area contributed by atoms with Crippen LogP contribution >= 0.6 is 34.2 Å². The predicted octanol–water partition coefficient (Wildman–Crippen LogP) is 5.51. The van der Waals surface area contributed by atoms with E-state index in [-0.39, 0.29) is 0 Å². The zero-order valence-corrected chi connectivity index (χ0v) is 13.4. The molecule has 0 spiro atoms. The highest BCUT2D eigenvalue weighted by molar-refractivity contribution is 14.1. The first-order valence-corrected chi connectivity index (χ1v) is 7.96. The first kappa shape index (κ1) is 13.3. The van der Waals surface area contributed by atoms with Gasteiger partial charge < -0.3 is 5.32 Å². The Morgan fingerprint density at radius 2 is 1.84 bits per heavy atom. The molecule has 1 atom stereocenters. The number of hydrogen-bond acceptors (Lipinski definition) is 1. The Kier molecular flexibility index (Phi) is 3.99. The van der Waals surface area contributed by atoms with Crippen molar-refractivity contribution in [3.8, 4) is 0 Å². The largest absolute Gasteiger partial charge is 0.377 e. The van der Waals surface area contributed by atoms with Crippen LogP contribution in [0.15, 0.2) is 48.5 Å². The minimum Gasteiger partial charge on any atom is -0.377 e. The summed E-state index contributed by atoms with van der Waals surface area (Å²) in [6, 6.07) is 17.1. The summed E-state index contributed by atoms with van der Waals surface area (Å²) in [6.45, 7) is 0. The summed E-state index contributed by atoms with van der Waals surface area (Å²) in [5, 5.41) is 4.48. The van der Waals surface area contributed by atoms with Crippen LogP contribution in [0.4, 0.5) is 5.69 Å². The third-order valence-corrected chi connectivity index (χ3v) is 4.62. The highest BCUT2D eigenvalue weighted by atomic mass is 127. The Morgan fingerprint density at radius 3 is 2.47 bits per heavy atom. The maximum absolute atomic E-state index is 6.01. The lowest BCUT2D eigenvalue weighted by atomic mass is 10.0. The second-order valence-corrected chi connectivity index (χ2v) is 6.59. The quantitative estimate of drug-likeness (QED) is 0.687. The van der Waals surface area contributed by atoms with Crippen molar-refractivity contribution in [3.63, 3.8) is 0 Å². The molecule has 3 heteroatoms. The Bertz CT molecular complexity index is 566. The zero-order valence-electron chi connectivity index (χ0n) is 10.4. The smallest absolute Gasteiger partial charge is 0.0542 e. The van der Waals surface area contributed by atoms with Crippen LogP contribution in [-0.4, -0.2) is 0 Å². The lowest BCUT2D eigenvalue weighted by Gasteiger charge is -2.21. The minimum absolute atomic E-state index is 0.413. The Labute approximate surface area is 132 Å². The van der Waals surface area contributed by atoms with Crippen molar-refractivity contribution >= 4 is 39.9 Å². The van der Waals surface area contributed by atoms with Gasteiger partial charge in [-0.2, -0.15) is 0 Å². The molecule has 0 bridgehead atoms. The van der Waals surface area contributed by atoms with Crippen LogP contribution in [0.3, 0.4) is 0 Å². The van der Waals surface area contributed by atoms with Gasteiger partial charge in [-0.05, 0) is 65.1 Å². The van der Waals surface area contributed by atoms with Gasteiger partial charge in [-0.3, -0.25) is 0 Å². The molecule has 3 rings (SSSR count). The molecule has 0 aliphatic heterocycles. The van der Waals surface area contributed by atoms with Gasteiger partial charge in [0.15, 0.2) is 0 Å². The van der Waals surface area contributed by atoms with E-state index < -0.39 is 0 Å². The average molecular weight is 384 g/mol. The van der Waals surface area contributed by atoms with Gasteiger partial charge >= 0.3 is 0 Å². The topological polar surface area (TPSA) is 12.0 Å². The van der Waals surface area contributed by atoms with Crippen LogP contribution in [0.5, 0.6) is 0 Å². The fourth-order valence-electron chi connectivity index (χ4n) is 2.34. The zero-order chi connectivity index (χ0) is 13.2. The molecule has 0 radical (unpaired) electrons. The Balaban J connectivity index is 1.86. The first-order chi connectivity index (χ1) is 9.24. The summed E-state index contributed by atoms with van der Waals surface area (Å²) in [4.78, 5) is 0. The van der Waals surface area contributed by atoms with Crippen molar-refractivity contribution in [1.82, 2.24) is 0 Å². The maximum Gasteiger partial charge on any atom is 0.0542 e. The van der Waals surface area contributed by atoms with E-state index in [1.54, 1.807) is 0 Å². The average Bonchev–Trinajstić information content (AvgIpc) is 3.23. The standard InChI is InChI=1S/C16H15ClIN/c17-13-8-9-15(14(18)10-13)19-16(12-6-7-12)11-4-2-1-3-5-11/h1-5,8-10,12,16,19H,6-7H2. The maximum atomic E-state index is 6.01. The molecule has 2 aromatic rings. The van der Waals surface area contributed by atoms with Crippen LogP contribution in [0.25, 0.3) is 0 Å². The van der Waals surface area contributed by atoms with E-state index in [1.807, 2.05) is 12.1 Å². The van der Waals surface area contributed by atoms with Crippen molar-refractivity contribution in [2.75, 3.05) is 5.32 Å².